The van der Waals surface area contributed by atoms with Crippen molar-refractivity contribution in [2.24, 2.45) is 11.7 Å². The maximum atomic E-state index is 12.3. The Balaban J connectivity index is 1.90. The molecular weight excluding hydrogens is 234 g/mol. The van der Waals surface area contributed by atoms with Crippen LogP contribution in [0.25, 0.3) is 0 Å². The molecule has 1 spiro atoms. The van der Waals surface area contributed by atoms with E-state index >= 15 is 0 Å². The van der Waals surface area contributed by atoms with Gasteiger partial charge in [-0.15, -0.1) is 0 Å². The van der Waals surface area contributed by atoms with Crippen molar-refractivity contribution >= 4 is 10.8 Å². The van der Waals surface area contributed by atoms with Crippen LogP contribution in [0, 0.1) is 5.92 Å². The molecule has 3 nitrogen and oxygen atoms in total. The molecule has 0 bridgehead atoms. The molecule has 4 heteroatoms. The molecule has 1 aliphatic heterocycles. The zero-order valence-electron chi connectivity index (χ0n) is 10.8. The molecule has 3 atom stereocenters. The Morgan fingerprint density at radius 1 is 1.47 bits per heavy atom. The molecule has 0 amide bonds. The van der Waals surface area contributed by atoms with Crippen LogP contribution in [0.3, 0.4) is 0 Å². The first-order valence-corrected chi connectivity index (χ1v) is 8.25. The summed E-state index contributed by atoms with van der Waals surface area (Å²) >= 11 is 0. The molecule has 2 rings (SSSR count). The minimum absolute atomic E-state index is 0.0878. The fourth-order valence-electron chi connectivity index (χ4n) is 3.06. The summed E-state index contributed by atoms with van der Waals surface area (Å²) in [7, 11) is -0.718. The Morgan fingerprint density at radius 3 is 2.82 bits per heavy atom. The van der Waals surface area contributed by atoms with E-state index in [1.165, 1.54) is 25.7 Å². The lowest BCUT2D eigenvalue weighted by Gasteiger charge is -2.38. The average molecular weight is 259 g/mol. The maximum absolute atomic E-state index is 12.3. The summed E-state index contributed by atoms with van der Waals surface area (Å²) in [4.78, 5) is 0. The zero-order chi connectivity index (χ0) is 12.3. The van der Waals surface area contributed by atoms with Gasteiger partial charge in [0, 0.05) is 28.4 Å². The van der Waals surface area contributed by atoms with Gasteiger partial charge in [0.25, 0.3) is 0 Å². The summed E-state index contributed by atoms with van der Waals surface area (Å²) in [5, 5.41) is 0.343. The summed E-state index contributed by atoms with van der Waals surface area (Å²) < 4.78 is 18.3. The highest BCUT2D eigenvalue weighted by atomic mass is 32.2. The summed E-state index contributed by atoms with van der Waals surface area (Å²) in [5.74, 6) is 1.13. The predicted octanol–water partition coefficient (Wildman–Crippen LogP) is 1.82. The van der Waals surface area contributed by atoms with E-state index < -0.39 is 10.8 Å². The van der Waals surface area contributed by atoms with E-state index in [0.29, 0.717) is 17.7 Å². The fourth-order valence-corrected chi connectivity index (χ4v) is 4.88. The molecule has 2 aliphatic rings. The van der Waals surface area contributed by atoms with E-state index in [1.54, 1.807) is 0 Å². The highest BCUT2D eigenvalue weighted by Gasteiger charge is 2.41. The molecule has 1 aliphatic carbocycles. The Bertz CT molecular complexity index is 277. The van der Waals surface area contributed by atoms with Gasteiger partial charge in [-0.05, 0) is 38.1 Å². The van der Waals surface area contributed by atoms with Crippen LogP contribution in [0.5, 0.6) is 0 Å². The summed E-state index contributed by atoms with van der Waals surface area (Å²) in [6, 6.07) is 0. The molecule has 1 saturated carbocycles. The highest BCUT2D eigenvalue weighted by Crippen LogP contribution is 2.41. The van der Waals surface area contributed by atoms with Gasteiger partial charge in [-0.3, -0.25) is 4.21 Å². The lowest BCUT2D eigenvalue weighted by molar-refractivity contribution is -0.0708. The van der Waals surface area contributed by atoms with Crippen molar-refractivity contribution in [2.45, 2.75) is 56.3 Å². The molecule has 1 saturated heterocycles. The van der Waals surface area contributed by atoms with Crippen molar-refractivity contribution in [3.8, 4) is 0 Å². The van der Waals surface area contributed by atoms with Crippen molar-refractivity contribution in [3.05, 3.63) is 0 Å². The second kappa shape index (κ2) is 5.81. The number of ether oxygens (including phenoxy) is 1. The van der Waals surface area contributed by atoms with Gasteiger partial charge in [0.2, 0.25) is 0 Å². The van der Waals surface area contributed by atoms with E-state index in [9.17, 15) is 4.21 Å². The largest absolute Gasteiger partial charge is 0.375 e. The van der Waals surface area contributed by atoms with Crippen molar-refractivity contribution in [1.82, 2.24) is 0 Å². The van der Waals surface area contributed by atoms with Crippen LogP contribution in [0.4, 0.5) is 0 Å². The van der Waals surface area contributed by atoms with E-state index in [-0.39, 0.29) is 5.60 Å². The highest BCUT2D eigenvalue weighted by molar-refractivity contribution is 7.85. The van der Waals surface area contributed by atoms with E-state index in [2.05, 4.69) is 6.92 Å². The Morgan fingerprint density at radius 2 is 2.18 bits per heavy atom. The molecule has 17 heavy (non-hydrogen) atoms. The monoisotopic (exact) mass is 259 g/mol. The van der Waals surface area contributed by atoms with E-state index in [1.807, 2.05) is 0 Å². The molecule has 1 heterocycles. The minimum Gasteiger partial charge on any atom is -0.375 e. The third-order valence-corrected chi connectivity index (χ3v) is 6.23. The van der Waals surface area contributed by atoms with Crippen LogP contribution in [0.1, 0.15) is 45.4 Å². The Kier molecular flexibility index (Phi) is 4.61. The first-order chi connectivity index (χ1) is 8.15. The predicted molar refractivity (Wildman–Crippen MR) is 71.4 cm³/mol. The van der Waals surface area contributed by atoms with Crippen molar-refractivity contribution in [3.63, 3.8) is 0 Å². The van der Waals surface area contributed by atoms with Crippen molar-refractivity contribution in [2.75, 3.05) is 18.9 Å². The SMILES string of the molecule is CC(CN)CS(=O)C1CCOC2(CCCC2)C1. The summed E-state index contributed by atoms with van der Waals surface area (Å²) in [5.41, 5.74) is 5.69. The van der Waals surface area contributed by atoms with Crippen LogP contribution in [0.2, 0.25) is 0 Å². The maximum Gasteiger partial charge on any atom is 0.0694 e. The van der Waals surface area contributed by atoms with E-state index in [0.717, 1.165) is 25.2 Å². The Hall–Kier alpha value is 0.0700. The molecule has 0 aromatic carbocycles. The molecular formula is C13H25NO2S. The number of rotatable bonds is 4. The lowest BCUT2D eigenvalue weighted by atomic mass is 9.92. The molecule has 0 aromatic rings. The standard InChI is InChI=1S/C13H25NO2S/c1-11(9-14)10-17(15)12-4-7-16-13(8-12)5-2-3-6-13/h11-12H,2-10,14H2,1H3. The minimum atomic E-state index is -0.718. The smallest absolute Gasteiger partial charge is 0.0694 e. The van der Waals surface area contributed by atoms with Crippen LogP contribution >= 0.6 is 0 Å². The second-order valence-electron chi connectivity index (χ2n) is 5.74. The van der Waals surface area contributed by atoms with Crippen LogP contribution < -0.4 is 5.73 Å². The number of hydrogen-bond acceptors (Lipinski definition) is 3. The molecule has 3 unspecified atom stereocenters. The fraction of sp³-hybridized carbons (Fsp3) is 1.00. The Labute approximate surface area is 107 Å². The summed E-state index contributed by atoms with van der Waals surface area (Å²) in [6.07, 6.45) is 6.87. The van der Waals surface area contributed by atoms with Gasteiger partial charge in [-0.2, -0.15) is 0 Å². The van der Waals surface area contributed by atoms with Gasteiger partial charge in [0.1, 0.15) is 0 Å². The molecule has 100 valence electrons. The summed E-state index contributed by atoms with van der Waals surface area (Å²) in [6.45, 7) is 3.52. The van der Waals surface area contributed by atoms with Crippen LogP contribution in [-0.4, -0.2) is 34.0 Å². The third-order valence-electron chi connectivity index (χ3n) is 4.19. The number of nitrogens with two attached hydrogens (primary N) is 1. The number of hydrogen-bond donors (Lipinski definition) is 1. The molecule has 0 aromatic heterocycles. The van der Waals surface area contributed by atoms with Gasteiger partial charge >= 0.3 is 0 Å². The topological polar surface area (TPSA) is 52.3 Å². The molecule has 2 fully saturated rings. The zero-order valence-corrected chi connectivity index (χ0v) is 11.6. The quantitative estimate of drug-likeness (QED) is 0.838. The first kappa shape index (κ1) is 13.5. The van der Waals surface area contributed by atoms with Crippen LogP contribution in [0.15, 0.2) is 0 Å². The van der Waals surface area contributed by atoms with Crippen molar-refractivity contribution < 1.29 is 8.95 Å². The third kappa shape index (κ3) is 3.30. The second-order valence-corrected chi connectivity index (χ2v) is 7.50. The van der Waals surface area contributed by atoms with Gasteiger partial charge < -0.3 is 10.5 Å². The van der Waals surface area contributed by atoms with Gasteiger partial charge in [-0.25, -0.2) is 0 Å². The van der Waals surface area contributed by atoms with Gasteiger partial charge in [0.05, 0.1) is 5.60 Å². The molecule has 0 radical (unpaired) electrons. The van der Waals surface area contributed by atoms with Gasteiger partial charge in [-0.1, -0.05) is 19.8 Å². The lowest BCUT2D eigenvalue weighted by Crippen LogP contribution is -2.42. The normalized spacial score (nSPS) is 31.5. The van der Waals surface area contributed by atoms with Crippen molar-refractivity contribution in [1.29, 1.82) is 0 Å². The van der Waals surface area contributed by atoms with Crippen LogP contribution in [-0.2, 0) is 15.5 Å². The first-order valence-electron chi connectivity index (χ1n) is 6.86. The molecule has 2 N–H and O–H groups in total. The average Bonchev–Trinajstić information content (AvgIpc) is 2.77. The van der Waals surface area contributed by atoms with Gasteiger partial charge in [0.15, 0.2) is 0 Å². The van der Waals surface area contributed by atoms with E-state index in [4.69, 9.17) is 10.5 Å².